The molecule has 1 N–H and O–H groups in total. The first-order valence-corrected chi connectivity index (χ1v) is 5.50. The number of amides is 1. The van der Waals surface area contributed by atoms with Crippen molar-refractivity contribution in [1.29, 1.82) is 0 Å². The third kappa shape index (κ3) is 5.59. The average Bonchev–Trinajstić information content (AvgIpc) is 2.28. The Hall–Kier alpha value is -2.25. The molecular formula is C12H11F3NO4-. The van der Waals surface area contributed by atoms with Crippen LogP contribution in [0.5, 0.6) is 5.75 Å². The number of carboxylic acids is 1. The van der Waals surface area contributed by atoms with E-state index in [9.17, 15) is 27.9 Å². The third-order valence-corrected chi connectivity index (χ3v) is 2.26. The zero-order chi connectivity index (χ0) is 15.3. The monoisotopic (exact) mass is 290 g/mol. The molecule has 0 fully saturated rings. The highest BCUT2D eigenvalue weighted by Gasteiger charge is 2.30. The second kappa shape index (κ2) is 6.27. The van der Waals surface area contributed by atoms with Crippen molar-refractivity contribution < 1.29 is 32.6 Å². The number of nitrogens with one attached hydrogen (secondary N) is 1. The summed E-state index contributed by atoms with van der Waals surface area (Å²) < 4.78 is 39.5. The second-order valence-electron chi connectivity index (χ2n) is 3.97. The van der Waals surface area contributed by atoms with Crippen molar-refractivity contribution in [3.8, 4) is 5.75 Å². The van der Waals surface area contributed by atoms with Crippen LogP contribution in [0.4, 0.5) is 13.2 Å². The van der Waals surface area contributed by atoms with Gasteiger partial charge in [0, 0.05) is 6.92 Å². The Kier molecular flexibility index (Phi) is 4.95. The van der Waals surface area contributed by atoms with Crippen molar-refractivity contribution in [3.05, 3.63) is 29.8 Å². The molecule has 1 aromatic carbocycles. The number of carbonyl (C=O) groups is 2. The van der Waals surface area contributed by atoms with E-state index in [-0.39, 0.29) is 6.42 Å². The van der Waals surface area contributed by atoms with E-state index in [1.165, 1.54) is 12.1 Å². The van der Waals surface area contributed by atoms with Crippen molar-refractivity contribution in [2.45, 2.75) is 25.7 Å². The summed E-state index contributed by atoms with van der Waals surface area (Å²) in [4.78, 5) is 21.6. The van der Waals surface area contributed by atoms with E-state index < -0.39 is 30.0 Å². The maximum absolute atomic E-state index is 11.9. The number of aliphatic carboxylic acids is 1. The summed E-state index contributed by atoms with van der Waals surface area (Å²) in [5.41, 5.74) is 0.419. The molecule has 0 bridgehead atoms. The molecule has 1 aromatic rings. The Bertz CT molecular complexity index is 484. The Morgan fingerprint density at radius 2 is 1.85 bits per heavy atom. The van der Waals surface area contributed by atoms with E-state index in [1.807, 2.05) is 0 Å². The highest BCUT2D eigenvalue weighted by Crippen LogP contribution is 2.22. The van der Waals surface area contributed by atoms with Crippen LogP contribution in [0.3, 0.4) is 0 Å². The van der Waals surface area contributed by atoms with Crippen LogP contribution in [0.1, 0.15) is 12.5 Å². The number of rotatable bonds is 5. The van der Waals surface area contributed by atoms with Crippen LogP contribution in [0.2, 0.25) is 0 Å². The van der Waals surface area contributed by atoms with E-state index in [4.69, 9.17) is 0 Å². The molecule has 0 unspecified atom stereocenters. The molecule has 1 rings (SSSR count). The maximum Gasteiger partial charge on any atom is 0.573 e. The number of halogens is 3. The van der Waals surface area contributed by atoms with Crippen molar-refractivity contribution in [1.82, 2.24) is 5.32 Å². The van der Waals surface area contributed by atoms with E-state index in [0.717, 1.165) is 19.1 Å². The van der Waals surface area contributed by atoms with Crippen LogP contribution in [0, 0.1) is 0 Å². The summed E-state index contributed by atoms with van der Waals surface area (Å²) >= 11 is 0. The van der Waals surface area contributed by atoms with Crippen molar-refractivity contribution in [3.63, 3.8) is 0 Å². The molecule has 5 nitrogen and oxygen atoms in total. The van der Waals surface area contributed by atoms with Crippen LogP contribution in [0.15, 0.2) is 24.3 Å². The first-order valence-electron chi connectivity index (χ1n) is 5.50. The SMILES string of the molecule is CC(=O)N[C@@H](Cc1ccc(OC(F)(F)F)cc1)C(=O)[O-]. The van der Waals surface area contributed by atoms with Gasteiger partial charge in [-0.05, 0) is 24.1 Å². The summed E-state index contributed by atoms with van der Waals surface area (Å²) in [5, 5.41) is 13.0. The molecule has 20 heavy (non-hydrogen) atoms. The number of benzene rings is 1. The zero-order valence-electron chi connectivity index (χ0n) is 10.4. The summed E-state index contributed by atoms with van der Waals surface area (Å²) in [6.45, 7) is 1.15. The van der Waals surface area contributed by atoms with Crippen LogP contribution in [-0.2, 0) is 16.0 Å². The molecular weight excluding hydrogens is 279 g/mol. The van der Waals surface area contributed by atoms with E-state index in [2.05, 4.69) is 10.1 Å². The van der Waals surface area contributed by atoms with Gasteiger partial charge in [-0.2, -0.15) is 0 Å². The molecule has 0 aromatic heterocycles. The van der Waals surface area contributed by atoms with Gasteiger partial charge in [0.15, 0.2) is 0 Å². The molecule has 0 saturated carbocycles. The fourth-order valence-corrected chi connectivity index (χ4v) is 1.50. The number of carbonyl (C=O) groups excluding carboxylic acids is 2. The standard InChI is InChI=1S/C12H12F3NO4/c1-7(17)16-10(11(18)19)6-8-2-4-9(5-3-8)20-12(13,14)15/h2-5,10H,6H2,1H3,(H,16,17)(H,18,19)/p-1/t10-/m0/s1. The van der Waals surface area contributed by atoms with Gasteiger partial charge in [-0.3, -0.25) is 4.79 Å². The smallest absolute Gasteiger partial charge is 0.548 e. The first-order chi connectivity index (χ1) is 9.17. The Morgan fingerprint density at radius 3 is 2.25 bits per heavy atom. The van der Waals surface area contributed by atoms with Gasteiger partial charge in [-0.25, -0.2) is 0 Å². The summed E-state index contributed by atoms with van der Waals surface area (Å²) in [5.74, 6) is -2.43. The van der Waals surface area contributed by atoms with Crippen molar-refractivity contribution in [2.75, 3.05) is 0 Å². The molecule has 0 aliphatic rings. The van der Waals surface area contributed by atoms with E-state index in [1.54, 1.807) is 0 Å². The minimum atomic E-state index is -4.79. The van der Waals surface area contributed by atoms with Gasteiger partial charge >= 0.3 is 6.36 Å². The lowest BCUT2D eigenvalue weighted by Gasteiger charge is -2.19. The summed E-state index contributed by atoms with van der Waals surface area (Å²) in [6.07, 6.45) is -4.89. The molecule has 8 heteroatoms. The third-order valence-electron chi connectivity index (χ3n) is 2.26. The number of hydrogen-bond acceptors (Lipinski definition) is 4. The van der Waals surface area contributed by atoms with E-state index in [0.29, 0.717) is 5.56 Å². The van der Waals surface area contributed by atoms with Crippen LogP contribution in [-0.4, -0.2) is 24.3 Å². The molecule has 1 amide bonds. The zero-order valence-corrected chi connectivity index (χ0v) is 10.4. The van der Waals surface area contributed by atoms with Crippen LogP contribution < -0.4 is 15.2 Å². The Balaban J connectivity index is 2.72. The van der Waals surface area contributed by atoms with Crippen molar-refractivity contribution in [2.24, 2.45) is 0 Å². The highest BCUT2D eigenvalue weighted by molar-refractivity contribution is 5.81. The molecule has 0 saturated heterocycles. The molecule has 0 aliphatic carbocycles. The molecule has 0 aliphatic heterocycles. The molecule has 0 heterocycles. The van der Waals surface area contributed by atoms with Gasteiger partial charge in [0.05, 0.1) is 12.0 Å². The van der Waals surface area contributed by atoms with Crippen molar-refractivity contribution >= 4 is 11.9 Å². The number of carboxylic acid groups (broad SMARTS) is 1. The van der Waals surface area contributed by atoms with Gasteiger partial charge in [0.25, 0.3) is 0 Å². The van der Waals surface area contributed by atoms with Gasteiger partial charge < -0.3 is 20.0 Å². The molecule has 110 valence electrons. The number of alkyl halides is 3. The maximum atomic E-state index is 11.9. The second-order valence-corrected chi connectivity index (χ2v) is 3.97. The van der Waals surface area contributed by atoms with Crippen LogP contribution in [0.25, 0.3) is 0 Å². The predicted octanol–water partition coefficient (Wildman–Crippen LogP) is 0.382. The predicted molar refractivity (Wildman–Crippen MR) is 59.4 cm³/mol. The first kappa shape index (κ1) is 15.8. The fraction of sp³-hybridized carbons (Fsp3) is 0.333. The van der Waals surface area contributed by atoms with Gasteiger partial charge in [-0.1, -0.05) is 12.1 Å². The molecule has 1 atom stereocenters. The average molecular weight is 290 g/mol. The lowest BCUT2D eigenvalue weighted by Crippen LogP contribution is -2.48. The van der Waals surface area contributed by atoms with Gasteiger partial charge in [0.1, 0.15) is 5.75 Å². The lowest BCUT2D eigenvalue weighted by molar-refractivity contribution is -0.308. The number of hydrogen-bond donors (Lipinski definition) is 1. The largest absolute Gasteiger partial charge is 0.573 e. The molecule has 0 spiro atoms. The Labute approximate surface area is 112 Å². The number of ether oxygens (including phenoxy) is 1. The summed E-state index contributed by atoms with van der Waals surface area (Å²) in [7, 11) is 0. The highest BCUT2D eigenvalue weighted by atomic mass is 19.4. The van der Waals surface area contributed by atoms with Crippen LogP contribution >= 0.6 is 0 Å². The minimum absolute atomic E-state index is 0.103. The fourth-order valence-electron chi connectivity index (χ4n) is 1.50. The minimum Gasteiger partial charge on any atom is -0.548 e. The van der Waals surface area contributed by atoms with Gasteiger partial charge in [-0.15, -0.1) is 13.2 Å². The Morgan fingerprint density at radius 1 is 1.30 bits per heavy atom. The normalized spacial score (nSPS) is 12.6. The quantitative estimate of drug-likeness (QED) is 0.850. The van der Waals surface area contributed by atoms with Gasteiger partial charge in [0.2, 0.25) is 5.91 Å². The molecule has 0 radical (unpaired) electrons. The topological polar surface area (TPSA) is 78.5 Å². The van der Waals surface area contributed by atoms with E-state index >= 15 is 0 Å². The lowest BCUT2D eigenvalue weighted by atomic mass is 10.1. The summed E-state index contributed by atoms with van der Waals surface area (Å²) in [6, 6.07) is 3.42.